The molecule has 0 spiro atoms. The van der Waals surface area contributed by atoms with Gasteiger partial charge in [0.25, 0.3) is 5.56 Å². The molecule has 34 heavy (non-hydrogen) atoms. The predicted octanol–water partition coefficient (Wildman–Crippen LogP) is 4.13. The number of amides is 1. The number of fused-ring (bicyclic) bond motifs is 1. The summed E-state index contributed by atoms with van der Waals surface area (Å²) in [5.74, 6) is 0.0150. The molecule has 3 aromatic rings. The summed E-state index contributed by atoms with van der Waals surface area (Å²) in [5, 5.41) is 3.62. The van der Waals surface area contributed by atoms with Crippen molar-refractivity contribution in [2.45, 2.75) is 38.6 Å². The normalized spacial score (nSPS) is 14.4. The van der Waals surface area contributed by atoms with Crippen LogP contribution in [0.1, 0.15) is 31.2 Å². The summed E-state index contributed by atoms with van der Waals surface area (Å²) < 4.78 is 7.44. The molecule has 1 aliphatic heterocycles. The third-order valence-corrected chi connectivity index (χ3v) is 6.56. The fourth-order valence-electron chi connectivity index (χ4n) is 4.22. The van der Waals surface area contributed by atoms with E-state index in [9.17, 15) is 9.59 Å². The second-order valence-corrected chi connectivity index (χ2v) is 9.08. The first-order valence-corrected chi connectivity index (χ1v) is 12.4. The number of hydrogen-bond acceptors (Lipinski definition) is 5. The van der Waals surface area contributed by atoms with Crippen molar-refractivity contribution in [3.05, 3.63) is 69.2 Å². The number of rotatable bonds is 10. The molecule has 0 unspecified atom stereocenters. The van der Waals surface area contributed by atoms with Crippen LogP contribution in [-0.2, 0) is 22.5 Å². The maximum Gasteiger partial charge on any atom is 0.262 e. The molecule has 8 heteroatoms. The largest absolute Gasteiger partial charge is 0.379 e. The lowest BCUT2D eigenvalue weighted by Crippen LogP contribution is -2.37. The Hall–Kier alpha value is -2.81. The molecular weight excluding hydrogens is 448 g/mol. The molecule has 7 nitrogen and oxygen atoms in total. The highest BCUT2D eigenvalue weighted by atomic mass is 32.1. The van der Waals surface area contributed by atoms with Gasteiger partial charge in [-0.25, -0.2) is 0 Å². The van der Waals surface area contributed by atoms with Crippen molar-refractivity contribution in [3.8, 4) is 0 Å². The Morgan fingerprint density at radius 2 is 1.76 bits per heavy atom. The summed E-state index contributed by atoms with van der Waals surface area (Å²) in [4.78, 5) is 30.5. The SMILES string of the molecule is O=C(CCCCCn1c(=S)[nH]c2ccccc2c1=O)Nc1ccc(CCN2CCOCC2)cc1. The molecule has 0 atom stereocenters. The van der Waals surface area contributed by atoms with E-state index >= 15 is 0 Å². The second-order valence-electron chi connectivity index (χ2n) is 8.69. The molecule has 4 rings (SSSR count). The van der Waals surface area contributed by atoms with Crippen LogP contribution in [0.25, 0.3) is 10.9 Å². The van der Waals surface area contributed by atoms with Crippen LogP contribution < -0.4 is 10.9 Å². The maximum absolute atomic E-state index is 12.7. The first-order valence-electron chi connectivity index (χ1n) is 12.0. The molecule has 180 valence electrons. The number of unbranched alkanes of at least 4 members (excludes halogenated alkanes) is 2. The molecule has 2 heterocycles. The molecule has 1 saturated heterocycles. The number of aromatic nitrogens is 2. The fraction of sp³-hybridized carbons (Fsp3) is 0.423. The number of nitrogens with zero attached hydrogens (tertiary/aromatic N) is 2. The molecule has 1 aliphatic rings. The van der Waals surface area contributed by atoms with Crippen molar-refractivity contribution in [1.29, 1.82) is 0 Å². The number of nitrogens with one attached hydrogen (secondary N) is 2. The lowest BCUT2D eigenvalue weighted by molar-refractivity contribution is -0.116. The van der Waals surface area contributed by atoms with Gasteiger partial charge in [0.2, 0.25) is 5.91 Å². The van der Waals surface area contributed by atoms with Crippen molar-refractivity contribution in [2.24, 2.45) is 0 Å². The zero-order valence-electron chi connectivity index (χ0n) is 19.4. The third-order valence-electron chi connectivity index (χ3n) is 6.23. The van der Waals surface area contributed by atoms with Crippen LogP contribution in [0.5, 0.6) is 0 Å². The average Bonchev–Trinajstić information content (AvgIpc) is 2.86. The number of anilines is 1. The smallest absolute Gasteiger partial charge is 0.262 e. The van der Waals surface area contributed by atoms with Crippen LogP contribution in [0.2, 0.25) is 0 Å². The summed E-state index contributed by atoms with van der Waals surface area (Å²) in [6.45, 7) is 5.22. The highest BCUT2D eigenvalue weighted by Gasteiger charge is 2.10. The number of ether oxygens (including phenoxy) is 1. The van der Waals surface area contributed by atoms with E-state index in [1.807, 2.05) is 30.3 Å². The molecule has 0 bridgehead atoms. The van der Waals surface area contributed by atoms with E-state index in [1.54, 1.807) is 10.6 Å². The molecule has 2 aromatic carbocycles. The Morgan fingerprint density at radius 3 is 2.56 bits per heavy atom. The topological polar surface area (TPSA) is 79.4 Å². The molecule has 0 aliphatic carbocycles. The van der Waals surface area contributed by atoms with Gasteiger partial charge in [-0.3, -0.25) is 19.1 Å². The number of H-pyrrole nitrogens is 1. The zero-order chi connectivity index (χ0) is 23.8. The van der Waals surface area contributed by atoms with E-state index in [1.165, 1.54) is 5.56 Å². The summed E-state index contributed by atoms with van der Waals surface area (Å²) >= 11 is 5.35. The average molecular weight is 481 g/mol. The summed E-state index contributed by atoms with van der Waals surface area (Å²) in [6, 6.07) is 15.5. The monoisotopic (exact) mass is 480 g/mol. The van der Waals surface area contributed by atoms with Crippen molar-refractivity contribution in [3.63, 3.8) is 0 Å². The van der Waals surface area contributed by atoms with E-state index in [4.69, 9.17) is 17.0 Å². The number of carbonyl (C=O) groups excluding carboxylic acids is 1. The summed E-state index contributed by atoms with van der Waals surface area (Å²) in [6.07, 6.45) is 3.86. The molecule has 1 fully saturated rings. The lowest BCUT2D eigenvalue weighted by atomic mass is 10.1. The van der Waals surface area contributed by atoms with Crippen molar-refractivity contribution < 1.29 is 9.53 Å². The van der Waals surface area contributed by atoms with E-state index in [2.05, 4.69) is 27.3 Å². The van der Waals surface area contributed by atoms with E-state index < -0.39 is 0 Å². The first kappa shape index (κ1) is 24.3. The van der Waals surface area contributed by atoms with Crippen LogP contribution in [0.4, 0.5) is 5.69 Å². The minimum absolute atomic E-state index is 0.0150. The minimum atomic E-state index is -0.0644. The van der Waals surface area contributed by atoms with E-state index in [0.29, 0.717) is 23.1 Å². The van der Waals surface area contributed by atoms with Gasteiger partial charge in [0, 0.05) is 38.3 Å². The van der Waals surface area contributed by atoms with Crippen molar-refractivity contribution >= 4 is 34.7 Å². The lowest BCUT2D eigenvalue weighted by Gasteiger charge is -2.26. The number of para-hydroxylation sites is 1. The first-order chi connectivity index (χ1) is 16.6. The van der Waals surface area contributed by atoms with Gasteiger partial charge in [-0.05, 0) is 61.3 Å². The van der Waals surface area contributed by atoms with E-state index in [-0.39, 0.29) is 11.5 Å². The standard InChI is InChI=1S/C26H32N4O3S/c31-24(27-21-11-9-20(10-12-21)13-15-29-16-18-33-19-17-29)8-2-1-5-14-30-25(32)22-6-3-4-7-23(22)28-26(30)34/h3-4,6-7,9-12H,1-2,5,8,13-19H2,(H,27,31)(H,28,34). The minimum Gasteiger partial charge on any atom is -0.379 e. The fourth-order valence-corrected chi connectivity index (χ4v) is 4.51. The van der Waals surface area contributed by atoms with Gasteiger partial charge in [0.15, 0.2) is 4.77 Å². The van der Waals surface area contributed by atoms with E-state index in [0.717, 1.165) is 69.7 Å². The maximum atomic E-state index is 12.7. The van der Waals surface area contributed by atoms with Gasteiger partial charge in [0.05, 0.1) is 24.1 Å². The number of carbonyl (C=O) groups is 1. The summed E-state index contributed by atoms with van der Waals surface area (Å²) in [7, 11) is 0. The van der Waals surface area contributed by atoms with Gasteiger partial charge < -0.3 is 15.0 Å². The van der Waals surface area contributed by atoms with Gasteiger partial charge in [-0.15, -0.1) is 0 Å². The van der Waals surface area contributed by atoms with Crippen LogP contribution in [0, 0.1) is 4.77 Å². The highest BCUT2D eigenvalue weighted by molar-refractivity contribution is 7.71. The number of benzene rings is 2. The van der Waals surface area contributed by atoms with Crippen LogP contribution in [0.3, 0.4) is 0 Å². The molecule has 0 radical (unpaired) electrons. The molecule has 1 aromatic heterocycles. The molecule has 2 N–H and O–H groups in total. The Morgan fingerprint density at radius 1 is 1.00 bits per heavy atom. The highest BCUT2D eigenvalue weighted by Crippen LogP contribution is 2.13. The van der Waals surface area contributed by atoms with Crippen molar-refractivity contribution in [2.75, 3.05) is 38.2 Å². The third kappa shape index (κ3) is 6.62. The van der Waals surface area contributed by atoms with Gasteiger partial charge in [-0.2, -0.15) is 0 Å². The Bertz CT molecular complexity index is 1210. The Kier molecular flexibility index (Phi) is 8.62. The van der Waals surface area contributed by atoms with Gasteiger partial charge >= 0.3 is 0 Å². The van der Waals surface area contributed by atoms with Crippen LogP contribution in [0.15, 0.2) is 53.3 Å². The van der Waals surface area contributed by atoms with Crippen LogP contribution >= 0.6 is 12.2 Å². The molecule has 1 amide bonds. The quantitative estimate of drug-likeness (QED) is 0.337. The van der Waals surface area contributed by atoms with Crippen LogP contribution in [-0.4, -0.2) is 53.2 Å². The zero-order valence-corrected chi connectivity index (χ0v) is 20.2. The molecular formula is C26H32N4O3S. The van der Waals surface area contributed by atoms with Gasteiger partial charge in [-0.1, -0.05) is 30.7 Å². The molecule has 0 saturated carbocycles. The Balaban J connectivity index is 1.17. The van der Waals surface area contributed by atoms with Gasteiger partial charge in [0.1, 0.15) is 0 Å². The second kappa shape index (κ2) is 12.1. The predicted molar refractivity (Wildman–Crippen MR) is 138 cm³/mol. The van der Waals surface area contributed by atoms with Crippen molar-refractivity contribution in [1.82, 2.24) is 14.5 Å². The Labute approximate surface area is 204 Å². The number of hydrogen-bond donors (Lipinski definition) is 2. The summed E-state index contributed by atoms with van der Waals surface area (Å²) in [5.41, 5.74) is 2.79. The number of morpholine rings is 1. The number of aromatic amines is 1.